The number of fused-ring (bicyclic) bond motifs is 1. The van der Waals surface area contributed by atoms with E-state index in [-0.39, 0.29) is 39.3 Å². The van der Waals surface area contributed by atoms with Gasteiger partial charge >= 0.3 is 5.51 Å². The van der Waals surface area contributed by atoms with Crippen molar-refractivity contribution in [2.75, 3.05) is 5.73 Å². The van der Waals surface area contributed by atoms with Crippen molar-refractivity contribution in [2.45, 2.75) is 10.4 Å². The van der Waals surface area contributed by atoms with E-state index in [1.165, 1.54) is 18.2 Å². The van der Waals surface area contributed by atoms with Crippen LogP contribution in [0.4, 0.5) is 19.0 Å². The zero-order chi connectivity index (χ0) is 17.6. The highest BCUT2D eigenvalue weighted by Crippen LogP contribution is 2.37. The molecular formula is C14H8F3N3O3S. The van der Waals surface area contributed by atoms with Gasteiger partial charge in [0, 0.05) is 11.0 Å². The number of imide groups is 1. The molecule has 0 unspecified atom stereocenters. The SMILES string of the molecule is Nc1c2c(cc(=O)n1-c1cccc(SC(F)(F)F)c1)C(=O)NC2=O. The van der Waals surface area contributed by atoms with Crippen molar-refractivity contribution in [1.29, 1.82) is 0 Å². The van der Waals surface area contributed by atoms with Crippen LogP contribution in [0.25, 0.3) is 5.69 Å². The van der Waals surface area contributed by atoms with Gasteiger partial charge in [-0.05, 0) is 30.0 Å². The molecule has 0 spiro atoms. The number of benzene rings is 1. The lowest BCUT2D eigenvalue weighted by molar-refractivity contribution is -0.0328. The Bertz CT molecular complexity index is 937. The predicted octanol–water partition coefficient (Wildman–Crippen LogP) is 1.92. The molecule has 6 nitrogen and oxygen atoms in total. The molecule has 1 aliphatic rings. The summed E-state index contributed by atoms with van der Waals surface area (Å²) in [5.74, 6) is -1.82. The summed E-state index contributed by atoms with van der Waals surface area (Å²) in [4.78, 5) is 35.4. The monoisotopic (exact) mass is 355 g/mol. The van der Waals surface area contributed by atoms with E-state index in [2.05, 4.69) is 0 Å². The Morgan fingerprint density at radius 2 is 1.79 bits per heavy atom. The molecule has 2 heterocycles. The molecule has 1 aromatic heterocycles. The average molecular weight is 355 g/mol. The van der Waals surface area contributed by atoms with Crippen LogP contribution in [-0.2, 0) is 0 Å². The number of rotatable bonds is 2. The first kappa shape index (κ1) is 16.1. The molecule has 1 aromatic carbocycles. The molecule has 24 heavy (non-hydrogen) atoms. The Balaban J connectivity index is 2.17. The van der Waals surface area contributed by atoms with Crippen LogP contribution in [0.15, 0.2) is 40.0 Å². The van der Waals surface area contributed by atoms with Crippen molar-refractivity contribution in [3.05, 3.63) is 51.8 Å². The van der Waals surface area contributed by atoms with Gasteiger partial charge in [-0.3, -0.25) is 24.3 Å². The van der Waals surface area contributed by atoms with E-state index in [1.54, 1.807) is 0 Å². The Kier molecular flexibility index (Phi) is 3.63. The van der Waals surface area contributed by atoms with E-state index in [0.717, 1.165) is 16.7 Å². The minimum atomic E-state index is -4.49. The number of halogens is 3. The third kappa shape index (κ3) is 2.75. The largest absolute Gasteiger partial charge is 0.446 e. The number of carbonyl (C=O) groups is 2. The van der Waals surface area contributed by atoms with Gasteiger partial charge in [0.1, 0.15) is 5.82 Å². The van der Waals surface area contributed by atoms with E-state index in [1.807, 2.05) is 5.32 Å². The van der Waals surface area contributed by atoms with Crippen LogP contribution < -0.4 is 16.6 Å². The Labute approximate surface area is 136 Å². The molecule has 2 aromatic rings. The van der Waals surface area contributed by atoms with Crippen LogP contribution in [0.3, 0.4) is 0 Å². The molecule has 0 bridgehead atoms. The Hall–Kier alpha value is -2.75. The van der Waals surface area contributed by atoms with Crippen LogP contribution >= 0.6 is 11.8 Å². The van der Waals surface area contributed by atoms with Crippen molar-refractivity contribution in [3.63, 3.8) is 0 Å². The van der Waals surface area contributed by atoms with Gasteiger partial charge in [-0.2, -0.15) is 13.2 Å². The highest BCUT2D eigenvalue weighted by molar-refractivity contribution is 8.00. The summed E-state index contributed by atoms with van der Waals surface area (Å²) in [6, 6.07) is 5.98. The molecule has 0 fully saturated rings. The number of anilines is 1. The van der Waals surface area contributed by atoms with E-state index in [9.17, 15) is 27.6 Å². The Morgan fingerprint density at radius 1 is 1.08 bits per heavy atom. The summed E-state index contributed by atoms with van der Waals surface area (Å²) in [5.41, 5.74) is 0.332. The van der Waals surface area contributed by atoms with E-state index in [0.29, 0.717) is 0 Å². The zero-order valence-electron chi connectivity index (χ0n) is 11.7. The number of alkyl halides is 3. The minimum absolute atomic E-state index is 0.0571. The third-order valence-electron chi connectivity index (χ3n) is 3.26. The lowest BCUT2D eigenvalue weighted by Crippen LogP contribution is -2.24. The van der Waals surface area contributed by atoms with Gasteiger partial charge in [-0.15, -0.1) is 0 Å². The number of nitrogens with two attached hydrogens (primary N) is 1. The maximum atomic E-state index is 12.5. The van der Waals surface area contributed by atoms with Gasteiger partial charge in [0.2, 0.25) is 0 Å². The number of hydrogen-bond donors (Lipinski definition) is 2. The van der Waals surface area contributed by atoms with E-state index in [4.69, 9.17) is 5.73 Å². The van der Waals surface area contributed by atoms with Gasteiger partial charge in [0.15, 0.2) is 0 Å². The molecule has 0 saturated heterocycles. The van der Waals surface area contributed by atoms with Crippen molar-refractivity contribution in [1.82, 2.24) is 9.88 Å². The van der Waals surface area contributed by atoms with Crippen LogP contribution in [0.1, 0.15) is 20.7 Å². The smallest absolute Gasteiger partial charge is 0.384 e. The van der Waals surface area contributed by atoms with Crippen molar-refractivity contribution in [3.8, 4) is 5.69 Å². The molecular weight excluding hydrogens is 347 g/mol. The summed E-state index contributed by atoms with van der Waals surface area (Å²) in [6.07, 6.45) is 0. The van der Waals surface area contributed by atoms with Crippen LogP contribution in [0.5, 0.6) is 0 Å². The van der Waals surface area contributed by atoms with Crippen molar-refractivity contribution in [2.24, 2.45) is 0 Å². The first-order valence-corrected chi connectivity index (χ1v) is 7.26. The predicted molar refractivity (Wildman–Crippen MR) is 80.2 cm³/mol. The number of pyridine rings is 1. The number of nitrogens with zero attached hydrogens (tertiary/aromatic N) is 1. The van der Waals surface area contributed by atoms with Gasteiger partial charge in [-0.25, -0.2) is 0 Å². The fraction of sp³-hybridized carbons (Fsp3) is 0.0714. The molecule has 3 rings (SSSR count). The summed E-state index contributed by atoms with van der Waals surface area (Å²) < 4.78 is 38.3. The molecule has 1 aliphatic heterocycles. The quantitative estimate of drug-likeness (QED) is 0.634. The zero-order valence-corrected chi connectivity index (χ0v) is 12.5. The maximum absolute atomic E-state index is 12.5. The number of nitrogens with one attached hydrogen (secondary N) is 1. The second kappa shape index (κ2) is 5.41. The maximum Gasteiger partial charge on any atom is 0.446 e. The summed E-state index contributed by atoms with van der Waals surface area (Å²) in [7, 11) is 0. The third-order valence-corrected chi connectivity index (χ3v) is 3.98. The van der Waals surface area contributed by atoms with Crippen LogP contribution in [0.2, 0.25) is 0 Å². The lowest BCUT2D eigenvalue weighted by atomic mass is 10.1. The molecule has 0 radical (unpaired) electrons. The second-order valence-electron chi connectivity index (χ2n) is 4.82. The number of amides is 2. The number of aromatic nitrogens is 1. The van der Waals surface area contributed by atoms with Gasteiger partial charge in [0.05, 0.1) is 16.8 Å². The molecule has 0 saturated carbocycles. The molecule has 2 amide bonds. The molecule has 0 atom stereocenters. The first-order chi connectivity index (χ1) is 11.2. The lowest BCUT2D eigenvalue weighted by Gasteiger charge is -2.13. The molecule has 0 aliphatic carbocycles. The fourth-order valence-electron chi connectivity index (χ4n) is 2.37. The summed E-state index contributed by atoms with van der Waals surface area (Å²) >= 11 is -0.342. The molecule has 3 N–H and O–H groups in total. The van der Waals surface area contributed by atoms with Crippen molar-refractivity contribution < 1.29 is 22.8 Å². The van der Waals surface area contributed by atoms with Gasteiger partial charge in [0.25, 0.3) is 17.4 Å². The second-order valence-corrected chi connectivity index (χ2v) is 5.96. The minimum Gasteiger partial charge on any atom is -0.384 e. The highest BCUT2D eigenvalue weighted by Gasteiger charge is 2.32. The Morgan fingerprint density at radius 3 is 2.46 bits per heavy atom. The average Bonchev–Trinajstić information content (AvgIpc) is 2.72. The van der Waals surface area contributed by atoms with E-state index < -0.39 is 22.9 Å². The fourth-order valence-corrected chi connectivity index (χ4v) is 2.96. The van der Waals surface area contributed by atoms with Crippen LogP contribution in [0, 0.1) is 0 Å². The summed E-state index contributed by atoms with van der Waals surface area (Å²) in [5, 5.41) is 2.01. The first-order valence-electron chi connectivity index (χ1n) is 6.45. The van der Waals surface area contributed by atoms with Gasteiger partial charge in [-0.1, -0.05) is 6.07 Å². The topological polar surface area (TPSA) is 94.2 Å². The number of carbonyl (C=O) groups excluding carboxylic acids is 2. The number of thioether (sulfide) groups is 1. The highest BCUT2D eigenvalue weighted by atomic mass is 32.2. The van der Waals surface area contributed by atoms with E-state index >= 15 is 0 Å². The molecule has 124 valence electrons. The normalized spacial score (nSPS) is 13.8. The summed E-state index contributed by atoms with van der Waals surface area (Å²) in [6.45, 7) is 0. The molecule has 10 heteroatoms. The van der Waals surface area contributed by atoms with Gasteiger partial charge < -0.3 is 5.73 Å². The number of hydrogen-bond acceptors (Lipinski definition) is 5. The standard InChI is InChI=1S/C14H8F3N3O3S/c15-14(16,17)24-7-3-1-2-6(4-7)20-9(21)5-8-10(11(20)18)13(23)19-12(8)22/h1-5H,18H2,(H,19,22,23). The number of nitrogen functional groups attached to an aromatic ring is 1. The van der Waals surface area contributed by atoms with Crippen LogP contribution in [-0.4, -0.2) is 21.9 Å². The van der Waals surface area contributed by atoms with Crippen molar-refractivity contribution >= 4 is 29.4 Å².